The van der Waals surface area contributed by atoms with Crippen molar-refractivity contribution in [1.82, 2.24) is 9.97 Å². The van der Waals surface area contributed by atoms with Gasteiger partial charge in [0.15, 0.2) is 6.61 Å². The first kappa shape index (κ1) is 21.6. The molecule has 0 saturated carbocycles. The van der Waals surface area contributed by atoms with Crippen molar-refractivity contribution in [2.24, 2.45) is 0 Å². The molecule has 0 aliphatic carbocycles. The van der Waals surface area contributed by atoms with E-state index in [2.05, 4.69) is 9.97 Å². The third-order valence-electron chi connectivity index (χ3n) is 4.94. The second-order valence-corrected chi connectivity index (χ2v) is 7.42. The summed E-state index contributed by atoms with van der Waals surface area (Å²) in [6, 6.07) is 19.9. The minimum absolute atomic E-state index is 0.160. The average Bonchev–Trinajstić information content (AvgIpc) is 3.18. The lowest BCUT2D eigenvalue weighted by atomic mass is 9.96. The van der Waals surface area contributed by atoms with Crippen LogP contribution in [-0.2, 0) is 0 Å². The molecule has 0 aliphatic heterocycles. The molecule has 32 heavy (non-hydrogen) atoms. The Balaban J connectivity index is 1.52. The van der Waals surface area contributed by atoms with E-state index in [4.69, 9.17) is 4.74 Å². The van der Waals surface area contributed by atoms with Gasteiger partial charge in [-0.25, -0.2) is 4.98 Å². The molecule has 4 aromatic rings. The van der Waals surface area contributed by atoms with Gasteiger partial charge in [-0.2, -0.15) is 13.2 Å². The van der Waals surface area contributed by atoms with E-state index >= 15 is 0 Å². The fourth-order valence-electron chi connectivity index (χ4n) is 3.42. The molecule has 3 aromatic carbocycles. The second-order valence-electron chi connectivity index (χ2n) is 7.42. The number of ether oxygens (including phenoxy) is 1. The lowest BCUT2D eigenvalue weighted by molar-refractivity contribution is -0.153. The molecular weight excluding hydrogens is 417 g/mol. The maximum atomic E-state index is 12.2. The van der Waals surface area contributed by atoms with E-state index in [1.807, 2.05) is 48.5 Å². The van der Waals surface area contributed by atoms with Crippen molar-refractivity contribution in [3.63, 3.8) is 0 Å². The van der Waals surface area contributed by atoms with E-state index in [1.54, 1.807) is 25.1 Å². The van der Waals surface area contributed by atoms with Crippen LogP contribution in [0.15, 0.2) is 66.7 Å². The van der Waals surface area contributed by atoms with Crippen LogP contribution in [0.5, 0.6) is 5.75 Å². The molecule has 0 radical (unpaired) electrons. The predicted molar refractivity (Wildman–Crippen MR) is 119 cm³/mol. The normalized spacial score (nSPS) is 13.0. The number of alkyl halides is 3. The van der Waals surface area contributed by atoms with E-state index in [9.17, 15) is 18.3 Å². The fourth-order valence-corrected chi connectivity index (χ4v) is 3.42. The summed E-state index contributed by atoms with van der Waals surface area (Å²) in [6.07, 6.45) is -1.32. The number of rotatable bonds is 6. The maximum absolute atomic E-state index is 12.2. The van der Waals surface area contributed by atoms with Crippen LogP contribution < -0.4 is 4.74 Å². The number of aliphatic hydroxyl groups is 1. The Labute approximate surface area is 183 Å². The summed E-state index contributed by atoms with van der Waals surface area (Å²) in [4.78, 5) is 7.82. The Morgan fingerprint density at radius 2 is 1.78 bits per heavy atom. The van der Waals surface area contributed by atoms with Crippen LogP contribution in [0, 0.1) is 0 Å². The van der Waals surface area contributed by atoms with Gasteiger partial charge >= 0.3 is 6.18 Å². The van der Waals surface area contributed by atoms with Gasteiger partial charge in [-0.1, -0.05) is 48.5 Å². The predicted octanol–water partition coefficient (Wildman–Crippen LogP) is 6.39. The van der Waals surface area contributed by atoms with Crippen LogP contribution in [0.3, 0.4) is 0 Å². The third-order valence-corrected chi connectivity index (χ3v) is 4.94. The van der Waals surface area contributed by atoms with Crippen LogP contribution in [0.2, 0.25) is 0 Å². The number of nitrogens with one attached hydrogen (secondary N) is 1. The quantitative estimate of drug-likeness (QED) is 0.367. The molecule has 4 rings (SSSR count). The summed E-state index contributed by atoms with van der Waals surface area (Å²) in [7, 11) is 0. The first-order chi connectivity index (χ1) is 15.3. The smallest absolute Gasteiger partial charge is 0.422 e. The van der Waals surface area contributed by atoms with Crippen molar-refractivity contribution in [1.29, 1.82) is 0 Å². The number of hydrogen-bond donors (Lipinski definition) is 2. The fraction of sp³-hybridized carbons (Fsp3) is 0.160. The highest BCUT2D eigenvalue weighted by Crippen LogP contribution is 2.30. The van der Waals surface area contributed by atoms with Gasteiger partial charge in [-0.15, -0.1) is 0 Å². The number of halogens is 3. The Bertz CT molecular complexity index is 1240. The molecule has 1 aromatic heterocycles. The van der Waals surface area contributed by atoms with Crippen molar-refractivity contribution in [3.05, 3.63) is 83.7 Å². The van der Waals surface area contributed by atoms with Gasteiger partial charge < -0.3 is 14.8 Å². The topological polar surface area (TPSA) is 58.1 Å². The summed E-state index contributed by atoms with van der Waals surface area (Å²) < 4.78 is 41.4. The zero-order chi connectivity index (χ0) is 22.7. The highest BCUT2D eigenvalue weighted by Gasteiger charge is 2.28. The van der Waals surface area contributed by atoms with Crippen molar-refractivity contribution in [3.8, 4) is 16.9 Å². The van der Waals surface area contributed by atoms with Crippen molar-refractivity contribution in [2.45, 2.75) is 19.2 Å². The summed E-state index contributed by atoms with van der Waals surface area (Å²) >= 11 is 0. The number of H-pyrrole nitrogens is 1. The largest absolute Gasteiger partial charge is 0.484 e. The van der Waals surface area contributed by atoms with Crippen molar-refractivity contribution >= 4 is 23.2 Å². The van der Waals surface area contributed by atoms with E-state index in [0.29, 0.717) is 5.82 Å². The van der Waals surface area contributed by atoms with Crippen LogP contribution >= 0.6 is 0 Å². The summed E-state index contributed by atoms with van der Waals surface area (Å²) in [5.74, 6) is 0.812. The van der Waals surface area contributed by atoms with Gasteiger partial charge in [0.2, 0.25) is 0 Å². The van der Waals surface area contributed by atoms with Gasteiger partial charge in [0.25, 0.3) is 0 Å². The van der Waals surface area contributed by atoms with Crippen LogP contribution in [0.25, 0.3) is 34.3 Å². The van der Waals surface area contributed by atoms with E-state index < -0.39 is 18.9 Å². The molecule has 0 amide bonds. The Kier molecular flexibility index (Phi) is 6.01. The molecule has 0 bridgehead atoms. The van der Waals surface area contributed by atoms with Crippen LogP contribution in [0.1, 0.15) is 30.0 Å². The number of hydrogen-bond acceptors (Lipinski definition) is 3. The second kappa shape index (κ2) is 8.88. The molecule has 0 aliphatic rings. The van der Waals surface area contributed by atoms with Crippen LogP contribution in [0.4, 0.5) is 13.2 Å². The van der Waals surface area contributed by atoms with Gasteiger partial charge in [0.05, 0.1) is 17.1 Å². The Morgan fingerprint density at radius 3 is 2.50 bits per heavy atom. The summed E-state index contributed by atoms with van der Waals surface area (Å²) in [5.41, 5.74) is 5.26. The number of nitrogens with zero attached hydrogens (tertiary/aromatic N) is 1. The van der Waals surface area contributed by atoms with Crippen molar-refractivity contribution < 1.29 is 23.0 Å². The monoisotopic (exact) mass is 438 g/mol. The molecule has 2 N–H and O–H groups in total. The molecule has 1 unspecified atom stereocenters. The van der Waals surface area contributed by atoms with E-state index in [-0.39, 0.29) is 5.75 Å². The van der Waals surface area contributed by atoms with Gasteiger partial charge in [0, 0.05) is 0 Å². The molecule has 1 atom stereocenters. The molecule has 7 heteroatoms. The highest BCUT2D eigenvalue weighted by molar-refractivity contribution is 5.84. The van der Waals surface area contributed by atoms with E-state index in [0.717, 1.165) is 33.3 Å². The SMILES string of the molecule is CC(O)c1ccccc1-c1ccc2nc(C=Cc3ccc(OCC(F)(F)F)cc3)[nH]c2c1. The Morgan fingerprint density at radius 1 is 1.03 bits per heavy atom. The maximum Gasteiger partial charge on any atom is 0.422 e. The van der Waals surface area contributed by atoms with Gasteiger partial charge in [-0.05, 0) is 59.5 Å². The zero-order valence-electron chi connectivity index (χ0n) is 17.2. The van der Waals surface area contributed by atoms with Crippen molar-refractivity contribution in [2.75, 3.05) is 6.61 Å². The summed E-state index contributed by atoms with van der Waals surface area (Å²) in [6.45, 7) is 0.427. The number of aliphatic hydroxyl groups excluding tert-OH is 1. The Hall–Kier alpha value is -3.58. The van der Waals surface area contributed by atoms with Gasteiger partial charge in [0.1, 0.15) is 11.6 Å². The summed E-state index contributed by atoms with van der Waals surface area (Å²) in [5, 5.41) is 10.1. The molecule has 1 heterocycles. The lowest BCUT2D eigenvalue weighted by Crippen LogP contribution is -2.19. The molecule has 4 nitrogen and oxygen atoms in total. The molecule has 164 valence electrons. The third kappa shape index (κ3) is 5.18. The number of fused-ring (bicyclic) bond motifs is 1. The first-order valence-electron chi connectivity index (χ1n) is 10.0. The van der Waals surface area contributed by atoms with Crippen LogP contribution in [-0.4, -0.2) is 27.9 Å². The molecule has 0 saturated heterocycles. The van der Waals surface area contributed by atoms with E-state index in [1.165, 1.54) is 12.1 Å². The number of aromatic nitrogens is 2. The molecule has 0 fully saturated rings. The zero-order valence-corrected chi connectivity index (χ0v) is 17.2. The average molecular weight is 438 g/mol. The first-order valence-corrected chi connectivity index (χ1v) is 10.0. The molecule has 0 spiro atoms. The minimum Gasteiger partial charge on any atom is -0.484 e. The lowest BCUT2D eigenvalue weighted by Gasteiger charge is -2.11. The number of aromatic amines is 1. The standard InChI is InChI=1S/C25H21F3N2O2/c1-16(31)20-4-2-3-5-21(20)18-9-12-22-23(14-18)30-24(29-22)13-8-17-6-10-19(11-7-17)32-15-25(26,27)28/h2-14,16,31H,15H2,1H3,(H,29,30). The minimum atomic E-state index is -4.36. The number of imidazole rings is 1. The highest BCUT2D eigenvalue weighted by atomic mass is 19.4. The number of benzene rings is 3. The van der Waals surface area contributed by atoms with Gasteiger partial charge in [-0.3, -0.25) is 0 Å². The molecular formula is C25H21F3N2O2.